The predicted molar refractivity (Wildman–Crippen MR) is 108 cm³/mol. The highest BCUT2D eigenvalue weighted by atomic mass is 19.4. The number of methoxy groups -OCH3 is 1. The van der Waals surface area contributed by atoms with Crippen molar-refractivity contribution in [3.8, 4) is 5.88 Å². The first-order chi connectivity index (χ1) is 15.6. The van der Waals surface area contributed by atoms with Crippen molar-refractivity contribution >= 4 is 17.1 Å². The number of benzene rings is 1. The van der Waals surface area contributed by atoms with Crippen molar-refractivity contribution in [2.24, 2.45) is 10.7 Å². The van der Waals surface area contributed by atoms with Gasteiger partial charge in [-0.1, -0.05) is 6.07 Å². The predicted octanol–water partition coefficient (Wildman–Crippen LogP) is 3.59. The molecule has 0 radical (unpaired) electrons. The largest absolute Gasteiger partial charge is 0.480 e. The number of aliphatic imine (C=N–C) groups is 1. The van der Waals surface area contributed by atoms with Gasteiger partial charge in [-0.15, -0.1) is 0 Å². The molecule has 2 aromatic heterocycles. The number of nitrogens with zero attached hydrogens (tertiary/aromatic N) is 4. The fraction of sp³-hybridized carbons (Fsp3) is 0.333. The molecule has 3 aromatic rings. The number of aromatic nitrogens is 3. The van der Waals surface area contributed by atoms with Crippen molar-refractivity contribution in [1.29, 1.82) is 0 Å². The number of ether oxygens (including phenoxy) is 2. The normalized spacial score (nSPS) is 20.9. The molecule has 1 aromatic carbocycles. The summed E-state index contributed by atoms with van der Waals surface area (Å²) in [7, 11) is 1.45. The van der Waals surface area contributed by atoms with E-state index in [9.17, 15) is 22.0 Å². The van der Waals surface area contributed by atoms with Gasteiger partial charge < -0.3 is 15.2 Å². The third-order valence-electron chi connectivity index (χ3n) is 5.32. The van der Waals surface area contributed by atoms with E-state index in [-0.39, 0.29) is 12.0 Å². The van der Waals surface area contributed by atoms with Gasteiger partial charge in [0.1, 0.15) is 23.5 Å². The molecule has 0 fully saturated rings. The number of amidine groups is 1. The van der Waals surface area contributed by atoms with Crippen LogP contribution >= 0.6 is 0 Å². The SMILES string of the molecule is COc1cnc2c(Cc3ccc(F)c([C@]4(CF)C[C@@H](C(F)(F)F)OC(N)=N4)c3)nccc2n1. The molecular formula is C21H18F5N5O2. The van der Waals surface area contributed by atoms with E-state index >= 15 is 0 Å². The lowest BCUT2D eigenvalue weighted by molar-refractivity contribution is -0.209. The molecule has 0 unspecified atom stereocenters. The molecule has 1 aliphatic rings. The van der Waals surface area contributed by atoms with Crippen LogP contribution in [0.2, 0.25) is 0 Å². The van der Waals surface area contributed by atoms with Gasteiger partial charge >= 0.3 is 6.18 Å². The lowest BCUT2D eigenvalue weighted by Gasteiger charge is -2.36. The number of nitrogens with two attached hydrogens (primary N) is 1. The van der Waals surface area contributed by atoms with Crippen LogP contribution in [0.25, 0.3) is 11.0 Å². The number of hydrogen-bond donors (Lipinski definition) is 1. The molecule has 3 heterocycles. The van der Waals surface area contributed by atoms with E-state index < -0.39 is 42.8 Å². The number of halogens is 5. The van der Waals surface area contributed by atoms with E-state index in [1.54, 1.807) is 6.07 Å². The van der Waals surface area contributed by atoms with E-state index in [4.69, 9.17) is 10.5 Å². The Morgan fingerprint density at radius 3 is 2.73 bits per heavy atom. The molecule has 0 bridgehead atoms. The lowest BCUT2D eigenvalue weighted by atomic mass is 9.83. The Morgan fingerprint density at radius 1 is 1.24 bits per heavy atom. The summed E-state index contributed by atoms with van der Waals surface area (Å²) in [5, 5.41) is 0. The van der Waals surface area contributed by atoms with E-state index in [0.29, 0.717) is 28.2 Å². The minimum Gasteiger partial charge on any atom is -0.480 e. The molecule has 0 spiro atoms. The van der Waals surface area contributed by atoms with Crippen molar-refractivity contribution in [2.45, 2.75) is 30.7 Å². The maximum Gasteiger partial charge on any atom is 0.425 e. The molecule has 2 atom stereocenters. The van der Waals surface area contributed by atoms with Gasteiger partial charge in [-0.3, -0.25) is 4.98 Å². The summed E-state index contributed by atoms with van der Waals surface area (Å²) in [6, 6.07) is 4.52. The first kappa shape index (κ1) is 22.6. The van der Waals surface area contributed by atoms with Crippen LogP contribution in [0.4, 0.5) is 22.0 Å². The molecule has 0 saturated heterocycles. The van der Waals surface area contributed by atoms with Crippen LogP contribution in [-0.2, 0) is 16.7 Å². The summed E-state index contributed by atoms with van der Waals surface area (Å²) >= 11 is 0. The second-order valence-corrected chi connectivity index (χ2v) is 7.50. The summed E-state index contributed by atoms with van der Waals surface area (Å²) in [6.07, 6.45) is -5.14. The van der Waals surface area contributed by atoms with Gasteiger partial charge in [0.2, 0.25) is 5.88 Å². The van der Waals surface area contributed by atoms with Gasteiger partial charge in [0.25, 0.3) is 6.02 Å². The van der Waals surface area contributed by atoms with Gasteiger partial charge in [-0.05, 0) is 23.8 Å². The fourth-order valence-electron chi connectivity index (χ4n) is 3.73. The molecule has 1 aliphatic heterocycles. The molecule has 0 aliphatic carbocycles. The summed E-state index contributed by atoms with van der Waals surface area (Å²) in [6.45, 7) is -1.40. The highest BCUT2D eigenvalue weighted by Gasteiger charge is 2.52. The van der Waals surface area contributed by atoms with Gasteiger partial charge in [0.05, 0.1) is 24.5 Å². The molecule has 7 nitrogen and oxygen atoms in total. The van der Waals surface area contributed by atoms with Crippen molar-refractivity contribution in [3.63, 3.8) is 0 Å². The van der Waals surface area contributed by atoms with Crippen molar-refractivity contribution < 1.29 is 31.4 Å². The Hall–Kier alpha value is -3.57. The maximum absolute atomic E-state index is 14.8. The van der Waals surface area contributed by atoms with Gasteiger partial charge in [-0.2, -0.15) is 13.2 Å². The van der Waals surface area contributed by atoms with Crippen LogP contribution in [0.1, 0.15) is 23.2 Å². The zero-order valence-electron chi connectivity index (χ0n) is 17.2. The maximum atomic E-state index is 14.8. The van der Waals surface area contributed by atoms with Crippen molar-refractivity contribution in [2.75, 3.05) is 13.8 Å². The summed E-state index contributed by atoms with van der Waals surface area (Å²) in [4.78, 5) is 16.6. The van der Waals surface area contributed by atoms with Crippen LogP contribution in [0, 0.1) is 5.82 Å². The zero-order chi connectivity index (χ0) is 23.8. The number of pyridine rings is 1. The zero-order valence-corrected chi connectivity index (χ0v) is 17.2. The van der Waals surface area contributed by atoms with Crippen LogP contribution in [-0.4, -0.2) is 47.0 Å². The van der Waals surface area contributed by atoms with Crippen LogP contribution in [0.5, 0.6) is 5.88 Å². The van der Waals surface area contributed by atoms with E-state index in [0.717, 1.165) is 6.07 Å². The average molecular weight is 467 g/mol. The average Bonchev–Trinajstić information content (AvgIpc) is 2.79. The number of hydrogen-bond acceptors (Lipinski definition) is 7. The van der Waals surface area contributed by atoms with E-state index in [1.165, 1.54) is 31.6 Å². The van der Waals surface area contributed by atoms with Crippen molar-refractivity contribution in [1.82, 2.24) is 15.0 Å². The molecule has 12 heteroatoms. The quantitative estimate of drug-likeness (QED) is 0.577. The lowest BCUT2D eigenvalue weighted by Crippen LogP contribution is -2.48. The highest BCUT2D eigenvalue weighted by Crippen LogP contribution is 2.41. The van der Waals surface area contributed by atoms with E-state index in [2.05, 4.69) is 24.7 Å². The Balaban J connectivity index is 1.74. The first-order valence-electron chi connectivity index (χ1n) is 9.73. The fourth-order valence-corrected chi connectivity index (χ4v) is 3.73. The smallest absolute Gasteiger partial charge is 0.425 e. The van der Waals surface area contributed by atoms with Crippen LogP contribution in [0.15, 0.2) is 41.7 Å². The standard InChI is InChI=1S/C21H18F5N5O2/c1-32-17-9-29-18-14(30-17)4-5-28-15(18)7-11-2-3-13(23)12(6-11)20(10-22)8-16(21(24,25)26)33-19(27)31-20/h2-6,9,16H,7-8,10H2,1H3,(H2,27,31)/t16-,20+/m0/s1. The molecule has 0 saturated carbocycles. The Morgan fingerprint density at radius 2 is 2.03 bits per heavy atom. The monoisotopic (exact) mass is 467 g/mol. The number of alkyl halides is 4. The second kappa shape index (κ2) is 8.41. The van der Waals surface area contributed by atoms with Gasteiger partial charge in [0.15, 0.2) is 6.10 Å². The number of fused-ring (bicyclic) bond motifs is 1. The van der Waals surface area contributed by atoms with E-state index in [1.807, 2.05) is 0 Å². The van der Waals surface area contributed by atoms with Crippen LogP contribution < -0.4 is 10.5 Å². The minimum atomic E-state index is -4.83. The van der Waals surface area contributed by atoms with Gasteiger partial charge in [0, 0.05) is 24.6 Å². The molecule has 2 N–H and O–H groups in total. The molecular weight excluding hydrogens is 449 g/mol. The van der Waals surface area contributed by atoms with Gasteiger partial charge in [-0.25, -0.2) is 23.7 Å². The summed E-state index contributed by atoms with van der Waals surface area (Å²) < 4.78 is 78.4. The molecule has 33 heavy (non-hydrogen) atoms. The first-order valence-corrected chi connectivity index (χ1v) is 9.73. The summed E-state index contributed by atoms with van der Waals surface area (Å²) in [5.74, 6) is -0.603. The van der Waals surface area contributed by atoms with Crippen LogP contribution in [0.3, 0.4) is 0 Å². The molecule has 174 valence electrons. The Kier molecular flexibility index (Phi) is 5.76. The summed E-state index contributed by atoms with van der Waals surface area (Å²) in [5.41, 5.74) is 4.80. The number of rotatable bonds is 5. The third kappa shape index (κ3) is 4.37. The van der Waals surface area contributed by atoms with Crippen molar-refractivity contribution in [3.05, 3.63) is 59.3 Å². The Bertz CT molecular complexity index is 1220. The second-order valence-electron chi connectivity index (χ2n) is 7.50. The minimum absolute atomic E-state index is 0.131. The molecule has 4 rings (SSSR count). The topological polar surface area (TPSA) is 95.5 Å². The molecule has 0 amide bonds. The highest BCUT2D eigenvalue weighted by molar-refractivity contribution is 5.77. The Labute approximate surface area is 184 Å². The third-order valence-corrected chi connectivity index (χ3v) is 5.32.